The third kappa shape index (κ3) is 8.62. The lowest BCUT2D eigenvalue weighted by atomic mass is 9.83. The van der Waals surface area contributed by atoms with Crippen LogP contribution in [-0.2, 0) is 16.0 Å². The number of nitrogens with one attached hydrogen (secondary N) is 2. The minimum Gasteiger partial charge on any atom is -0.491 e. The van der Waals surface area contributed by atoms with Crippen LogP contribution in [0.3, 0.4) is 0 Å². The molecule has 6 nitrogen and oxygen atoms in total. The summed E-state index contributed by atoms with van der Waals surface area (Å²) in [5.74, 6) is 1.74. The number of nitrogens with zero attached hydrogens (tertiary/aromatic N) is 1. The molecular weight excluding hydrogens is 366 g/mol. The largest absolute Gasteiger partial charge is 0.491 e. The van der Waals surface area contributed by atoms with Gasteiger partial charge in [-0.15, -0.1) is 0 Å². The first-order valence-electron chi connectivity index (χ1n) is 11.0. The van der Waals surface area contributed by atoms with Gasteiger partial charge in [0.2, 0.25) is 0 Å². The predicted octanol–water partition coefficient (Wildman–Crippen LogP) is 3.75. The minimum atomic E-state index is 0.340. The number of guanidine groups is 1. The standard InChI is InChI=1S/C23H39N3O3/c1-4-24-22(26-19-23(12-6-7-13-23)14-15-28-5-2)25-18-20-8-10-21(11-9-20)29-17-16-27-3/h8-11H,4-7,12-19H2,1-3H3,(H2,24,25,26). The SMILES string of the molecule is CCNC(=NCc1ccc(OCCOC)cc1)NCC1(CCOCC)CCCC1. The molecule has 29 heavy (non-hydrogen) atoms. The number of ether oxygens (including phenoxy) is 3. The van der Waals surface area contributed by atoms with Gasteiger partial charge >= 0.3 is 0 Å². The number of benzene rings is 1. The van der Waals surface area contributed by atoms with E-state index in [9.17, 15) is 0 Å². The molecule has 1 saturated carbocycles. The van der Waals surface area contributed by atoms with Crippen molar-refractivity contribution in [3.63, 3.8) is 0 Å². The second-order valence-electron chi connectivity index (χ2n) is 7.69. The fraction of sp³-hybridized carbons (Fsp3) is 0.696. The van der Waals surface area contributed by atoms with E-state index in [1.165, 1.54) is 25.7 Å². The Bertz CT molecular complexity index is 584. The number of hydrogen-bond donors (Lipinski definition) is 2. The highest BCUT2D eigenvalue weighted by molar-refractivity contribution is 5.79. The lowest BCUT2D eigenvalue weighted by molar-refractivity contribution is 0.105. The molecule has 164 valence electrons. The summed E-state index contributed by atoms with van der Waals surface area (Å²) in [6, 6.07) is 8.11. The first-order valence-corrected chi connectivity index (χ1v) is 11.0. The molecule has 0 atom stereocenters. The molecule has 0 bridgehead atoms. The van der Waals surface area contributed by atoms with Gasteiger partial charge in [0, 0.05) is 33.4 Å². The predicted molar refractivity (Wildman–Crippen MR) is 119 cm³/mol. The van der Waals surface area contributed by atoms with Gasteiger partial charge < -0.3 is 24.8 Å². The molecule has 6 heteroatoms. The molecule has 0 aromatic heterocycles. The number of methoxy groups -OCH3 is 1. The van der Waals surface area contributed by atoms with Gasteiger partial charge in [0.1, 0.15) is 12.4 Å². The lowest BCUT2D eigenvalue weighted by Gasteiger charge is -2.30. The van der Waals surface area contributed by atoms with Crippen molar-refractivity contribution < 1.29 is 14.2 Å². The van der Waals surface area contributed by atoms with E-state index < -0.39 is 0 Å². The van der Waals surface area contributed by atoms with Gasteiger partial charge in [0.05, 0.1) is 13.2 Å². The second kappa shape index (κ2) is 13.4. The Morgan fingerprint density at radius 2 is 1.79 bits per heavy atom. The van der Waals surface area contributed by atoms with E-state index in [1.807, 2.05) is 12.1 Å². The Kier molecular flexibility index (Phi) is 10.9. The summed E-state index contributed by atoms with van der Waals surface area (Å²) in [6.07, 6.45) is 6.31. The summed E-state index contributed by atoms with van der Waals surface area (Å²) in [4.78, 5) is 4.78. The van der Waals surface area contributed by atoms with Crippen LogP contribution in [0.4, 0.5) is 0 Å². The van der Waals surface area contributed by atoms with Gasteiger partial charge in [-0.2, -0.15) is 0 Å². The van der Waals surface area contributed by atoms with E-state index in [1.54, 1.807) is 7.11 Å². The highest BCUT2D eigenvalue weighted by Gasteiger charge is 2.33. The Morgan fingerprint density at radius 1 is 1.03 bits per heavy atom. The van der Waals surface area contributed by atoms with Crippen molar-refractivity contribution in [2.75, 3.05) is 46.6 Å². The molecule has 0 spiro atoms. The smallest absolute Gasteiger partial charge is 0.191 e. The second-order valence-corrected chi connectivity index (χ2v) is 7.69. The lowest BCUT2D eigenvalue weighted by Crippen LogP contribution is -2.43. The molecular formula is C23H39N3O3. The highest BCUT2D eigenvalue weighted by atomic mass is 16.5. The van der Waals surface area contributed by atoms with Crippen molar-refractivity contribution in [3.05, 3.63) is 29.8 Å². The first kappa shape index (κ1) is 23.5. The highest BCUT2D eigenvalue weighted by Crippen LogP contribution is 2.40. The van der Waals surface area contributed by atoms with E-state index >= 15 is 0 Å². The van der Waals surface area contributed by atoms with E-state index in [0.717, 1.165) is 50.0 Å². The third-order valence-electron chi connectivity index (χ3n) is 5.52. The maximum absolute atomic E-state index is 5.63. The van der Waals surface area contributed by atoms with Crippen molar-refractivity contribution in [2.45, 2.75) is 52.5 Å². The van der Waals surface area contributed by atoms with Crippen LogP contribution in [0.15, 0.2) is 29.3 Å². The van der Waals surface area contributed by atoms with Crippen LogP contribution in [0, 0.1) is 5.41 Å². The summed E-state index contributed by atoms with van der Waals surface area (Å²) >= 11 is 0. The van der Waals surface area contributed by atoms with Crippen LogP contribution in [0.1, 0.15) is 51.5 Å². The Balaban J connectivity index is 1.88. The average molecular weight is 406 g/mol. The third-order valence-corrected chi connectivity index (χ3v) is 5.52. The van der Waals surface area contributed by atoms with Gasteiger partial charge in [-0.25, -0.2) is 4.99 Å². The maximum atomic E-state index is 5.63. The molecule has 2 N–H and O–H groups in total. The van der Waals surface area contributed by atoms with E-state index in [4.69, 9.17) is 19.2 Å². The zero-order chi connectivity index (χ0) is 20.8. The molecule has 0 unspecified atom stereocenters. The molecule has 1 aliphatic carbocycles. The summed E-state index contributed by atoms with van der Waals surface area (Å²) in [6.45, 7) is 9.41. The number of hydrogen-bond acceptors (Lipinski definition) is 4. The molecule has 2 rings (SSSR count). The molecule has 1 fully saturated rings. The fourth-order valence-electron chi connectivity index (χ4n) is 3.79. The van der Waals surface area contributed by atoms with E-state index in [0.29, 0.717) is 25.2 Å². The average Bonchev–Trinajstić information content (AvgIpc) is 3.20. The van der Waals surface area contributed by atoms with Gasteiger partial charge in [-0.05, 0) is 56.2 Å². The van der Waals surface area contributed by atoms with Crippen LogP contribution in [-0.4, -0.2) is 52.6 Å². The van der Waals surface area contributed by atoms with Crippen molar-refractivity contribution >= 4 is 5.96 Å². The van der Waals surface area contributed by atoms with Crippen LogP contribution >= 0.6 is 0 Å². The fourth-order valence-corrected chi connectivity index (χ4v) is 3.79. The van der Waals surface area contributed by atoms with Crippen molar-refractivity contribution in [2.24, 2.45) is 10.4 Å². The molecule has 0 saturated heterocycles. The van der Waals surface area contributed by atoms with Crippen LogP contribution in [0.2, 0.25) is 0 Å². The zero-order valence-corrected chi connectivity index (χ0v) is 18.5. The molecule has 0 radical (unpaired) electrons. The van der Waals surface area contributed by atoms with E-state index in [2.05, 4.69) is 36.6 Å². The molecule has 0 heterocycles. The number of aliphatic imine (C=N–C) groups is 1. The molecule has 1 aromatic rings. The zero-order valence-electron chi connectivity index (χ0n) is 18.5. The molecule has 0 aliphatic heterocycles. The van der Waals surface area contributed by atoms with Gasteiger partial charge in [-0.1, -0.05) is 25.0 Å². The molecule has 1 aromatic carbocycles. The first-order chi connectivity index (χ1) is 14.2. The molecule has 0 amide bonds. The van der Waals surface area contributed by atoms with Crippen LogP contribution in [0.25, 0.3) is 0 Å². The summed E-state index contributed by atoms with van der Waals surface area (Å²) < 4.78 is 16.3. The Morgan fingerprint density at radius 3 is 2.45 bits per heavy atom. The van der Waals surface area contributed by atoms with E-state index in [-0.39, 0.29) is 0 Å². The Hall–Kier alpha value is -1.79. The van der Waals surface area contributed by atoms with Gasteiger partial charge in [0.15, 0.2) is 5.96 Å². The van der Waals surface area contributed by atoms with Gasteiger partial charge in [0.25, 0.3) is 0 Å². The number of rotatable bonds is 13. The van der Waals surface area contributed by atoms with Crippen molar-refractivity contribution in [1.29, 1.82) is 0 Å². The van der Waals surface area contributed by atoms with Crippen molar-refractivity contribution in [1.82, 2.24) is 10.6 Å². The topological polar surface area (TPSA) is 64.1 Å². The summed E-state index contributed by atoms with van der Waals surface area (Å²) in [7, 11) is 1.67. The Labute approximate surface area is 176 Å². The quantitative estimate of drug-likeness (QED) is 0.297. The van der Waals surface area contributed by atoms with Gasteiger partial charge in [-0.3, -0.25) is 0 Å². The molecule has 1 aliphatic rings. The van der Waals surface area contributed by atoms with Crippen LogP contribution in [0.5, 0.6) is 5.75 Å². The maximum Gasteiger partial charge on any atom is 0.191 e. The normalized spacial score (nSPS) is 16.0. The minimum absolute atomic E-state index is 0.340. The monoisotopic (exact) mass is 405 g/mol. The summed E-state index contributed by atoms with van der Waals surface area (Å²) in [5, 5.41) is 6.97. The van der Waals surface area contributed by atoms with Crippen LogP contribution < -0.4 is 15.4 Å². The van der Waals surface area contributed by atoms with Crippen molar-refractivity contribution in [3.8, 4) is 5.75 Å². The summed E-state index contributed by atoms with van der Waals surface area (Å²) in [5.41, 5.74) is 1.50.